The Morgan fingerprint density at radius 1 is 1.28 bits per heavy atom. The smallest absolute Gasteiger partial charge is 0.236 e. The number of benzene rings is 1. The average Bonchev–Trinajstić information content (AvgIpc) is 3.34. The molecule has 3 heterocycles. The van der Waals surface area contributed by atoms with Crippen molar-refractivity contribution in [3.05, 3.63) is 71.4 Å². The van der Waals surface area contributed by atoms with Crippen LogP contribution in [0.2, 0.25) is 0 Å². The van der Waals surface area contributed by atoms with Gasteiger partial charge in [0.15, 0.2) is 5.16 Å². The topological polar surface area (TPSA) is 43.9 Å². The van der Waals surface area contributed by atoms with Gasteiger partial charge in [-0.3, -0.25) is 4.57 Å². The first-order chi connectivity index (χ1) is 12.2. The standard InChI is InChI=1S/C18H14FN3OS2/c1-12-15(21-17(23-12)16-6-3-9-24-16)11-25-18-20-7-8-22(18)14-5-2-4-13(19)10-14/h2-10H,11H2,1H3. The molecular formula is C18H14FN3OS2. The highest BCUT2D eigenvalue weighted by Gasteiger charge is 2.14. The fourth-order valence-electron chi connectivity index (χ4n) is 2.42. The Bertz CT molecular complexity index is 992. The van der Waals surface area contributed by atoms with E-state index in [-0.39, 0.29) is 5.82 Å². The van der Waals surface area contributed by atoms with Crippen LogP contribution in [0.3, 0.4) is 0 Å². The lowest BCUT2D eigenvalue weighted by Gasteiger charge is -2.07. The Kier molecular flexibility index (Phi) is 4.42. The Morgan fingerprint density at radius 2 is 2.20 bits per heavy atom. The van der Waals surface area contributed by atoms with E-state index in [2.05, 4.69) is 9.97 Å². The third kappa shape index (κ3) is 3.38. The highest BCUT2D eigenvalue weighted by molar-refractivity contribution is 7.98. The molecule has 0 fully saturated rings. The first-order valence-corrected chi connectivity index (χ1v) is 9.49. The largest absolute Gasteiger partial charge is 0.440 e. The van der Waals surface area contributed by atoms with Crippen LogP contribution in [-0.2, 0) is 5.75 Å². The molecule has 7 heteroatoms. The molecule has 0 spiro atoms. The molecule has 1 aromatic carbocycles. The maximum Gasteiger partial charge on any atom is 0.236 e. The second kappa shape index (κ2) is 6.85. The molecule has 0 radical (unpaired) electrons. The summed E-state index contributed by atoms with van der Waals surface area (Å²) in [6.07, 6.45) is 3.53. The maximum absolute atomic E-state index is 13.5. The van der Waals surface area contributed by atoms with Crippen molar-refractivity contribution >= 4 is 23.1 Å². The van der Waals surface area contributed by atoms with Crippen molar-refractivity contribution < 1.29 is 8.81 Å². The minimum atomic E-state index is -0.268. The van der Waals surface area contributed by atoms with Gasteiger partial charge in [0.1, 0.15) is 11.6 Å². The van der Waals surface area contributed by atoms with E-state index >= 15 is 0 Å². The van der Waals surface area contributed by atoms with Gasteiger partial charge < -0.3 is 4.42 Å². The Morgan fingerprint density at radius 3 is 3.00 bits per heavy atom. The SMILES string of the molecule is Cc1oc(-c2cccs2)nc1CSc1nccn1-c1cccc(F)c1. The highest BCUT2D eigenvalue weighted by Crippen LogP contribution is 2.29. The molecule has 4 aromatic rings. The molecule has 25 heavy (non-hydrogen) atoms. The summed E-state index contributed by atoms with van der Waals surface area (Å²) >= 11 is 3.14. The maximum atomic E-state index is 13.5. The van der Waals surface area contributed by atoms with Crippen LogP contribution in [0, 0.1) is 12.7 Å². The molecular weight excluding hydrogens is 357 g/mol. The van der Waals surface area contributed by atoms with Crippen molar-refractivity contribution in [2.24, 2.45) is 0 Å². The summed E-state index contributed by atoms with van der Waals surface area (Å²) in [5.41, 5.74) is 1.64. The van der Waals surface area contributed by atoms with Gasteiger partial charge >= 0.3 is 0 Å². The number of imidazole rings is 1. The molecule has 126 valence electrons. The number of aromatic nitrogens is 3. The van der Waals surface area contributed by atoms with Crippen molar-refractivity contribution in [1.29, 1.82) is 0 Å². The van der Waals surface area contributed by atoms with Crippen molar-refractivity contribution in [2.45, 2.75) is 17.8 Å². The van der Waals surface area contributed by atoms with E-state index in [1.165, 1.54) is 12.1 Å². The lowest BCUT2D eigenvalue weighted by atomic mass is 10.3. The highest BCUT2D eigenvalue weighted by atomic mass is 32.2. The number of halogens is 1. The summed E-state index contributed by atoms with van der Waals surface area (Å²) in [4.78, 5) is 9.98. The van der Waals surface area contributed by atoms with Crippen LogP contribution in [0.4, 0.5) is 4.39 Å². The molecule has 0 atom stereocenters. The minimum absolute atomic E-state index is 0.268. The lowest BCUT2D eigenvalue weighted by Crippen LogP contribution is -1.96. The van der Waals surface area contributed by atoms with Crippen molar-refractivity contribution in [1.82, 2.24) is 14.5 Å². The van der Waals surface area contributed by atoms with Gasteiger partial charge in [-0.25, -0.2) is 14.4 Å². The summed E-state index contributed by atoms with van der Waals surface area (Å²) in [6.45, 7) is 1.92. The average molecular weight is 371 g/mol. The van der Waals surface area contributed by atoms with E-state index in [1.807, 2.05) is 41.3 Å². The monoisotopic (exact) mass is 371 g/mol. The molecule has 3 aromatic heterocycles. The van der Waals surface area contributed by atoms with E-state index in [0.717, 1.165) is 27.2 Å². The van der Waals surface area contributed by atoms with Crippen LogP contribution in [0.25, 0.3) is 16.5 Å². The first kappa shape index (κ1) is 16.1. The molecule has 0 N–H and O–H groups in total. The van der Waals surface area contributed by atoms with Crippen LogP contribution in [-0.4, -0.2) is 14.5 Å². The molecule has 4 nitrogen and oxygen atoms in total. The number of thioether (sulfide) groups is 1. The van der Waals surface area contributed by atoms with Crippen LogP contribution in [0.15, 0.2) is 63.7 Å². The van der Waals surface area contributed by atoms with Crippen LogP contribution in [0.1, 0.15) is 11.5 Å². The van der Waals surface area contributed by atoms with Gasteiger partial charge in [-0.2, -0.15) is 0 Å². The summed E-state index contributed by atoms with van der Waals surface area (Å²) < 4.78 is 21.1. The number of hydrogen-bond donors (Lipinski definition) is 0. The van der Waals surface area contributed by atoms with Crippen LogP contribution >= 0.6 is 23.1 Å². The van der Waals surface area contributed by atoms with Crippen LogP contribution in [0.5, 0.6) is 0 Å². The van der Waals surface area contributed by atoms with E-state index in [4.69, 9.17) is 4.42 Å². The predicted octanol–water partition coefficient (Wildman–Crippen LogP) is 5.33. The molecule has 4 rings (SSSR count). The molecule has 0 aliphatic heterocycles. The third-order valence-electron chi connectivity index (χ3n) is 3.66. The van der Waals surface area contributed by atoms with Crippen LogP contribution < -0.4 is 0 Å². The van der Waals surface area contributed by atoms with E-state index in [0.29, 0.717) is 11.6 Å². The Labute approximate surface area is 152 Å². The first-order valence-electron chi connectivity index (χ1n) is 7.63. The lowest BCUT2D eigenvalue weighted by molar-refractivity contribution is 0.542. The number of oxazole rings is 1. The van der Waals surface area contributed by atoms with Crippen molar-refractivity contribution in [3.8, 4) is 16.5 Å². The number of hydrogen-bond acceptors (Lipinski definition) is 5. The molecule has 0 bridgehead atoms. The van der Waals surface area contributed by atoms with E-state index in [1.54, 1.807) is 35.4 Å². The molecule has 0 saturated carbocycles. The van der Waals surface area contributed by atoms with Gasteiger partial charge in [0.05, 0.1) is 16.3 Å². The van der Waals surface area contributed by atoms with Gasteiger partial charge in [-0.1, -0.05) is 23.9 Å². The van der Waals surface area contributed by atoms with Crippen molar-refractivity contribution in [3.63, 3.8) is 0 Å². The number of rotatable bonds is 5. The van der Waals surface area contributed by atoms with E-state index < -0.39 is 0 Å². The minimum Gasteiger partial charge on any atom is -0.440 e. The molecule has 0 unspecified atom stereocenters. The number of thiophene rings is 1. The summed E-state index contributed by atoms with van der Waals surface area (Å²) in [5.74, 6) is 1.82. The van der Waals surface area contributed by atoms with Gasteiger partial charge in [0.2, 0.25) is 5.89 Å². The van der Waals surface area contributed by atoms with Gasteiger partial charge in [-0.05, 0) is 36.6 Å². The second-order valence-electron chi connectivity index (χ2n) is 5.35. The zero-order chi connectivity index (χ0) is 17.2. The van der Waals surface area contributed by atoms with E-state index in [9.17, 15) is 4.39 Å². The number of aryl methyl sites for hydroxylation is 1. The fourth-order valence-corrected chi connectivity index (χ4v) is 4.04. The summed E-state index contributed by atoms with van der Waals surface area (Å²) in [5, 5.41) is 2.78. The quantitative estimate of drug-likeness (QED) is 0.445. The number of nitrogens with zero attached hydrogens (tertiary/aromatic N) is 3. The predicted molar refractivity (Wildman–Crippen MR) is 97.6 cm³/mol. The summed E-state index contributed by atoms with van der Waals surface area (Å²) in [7, 11) is 0. The second-order valence-corrected chi connectivity index (χ2v) is 7.24. The molecule has 0 amide bonds. The molecule has 0 saturated heterocycles. The van der Waals surface area contributed by atoms with Crippen molar-refractivity contribution in [2.75, 3.05) is 0 Å². The van der Waals surface area contributed by atoms with Gasteiger partial charge in [-0.15, -0.1) is 11.3 Å². The zero-order valence-electron chi connectivity index (χ0n) is 13.3. The molecule has 0 aliphatic carbocycles. The fraction of sp³-hybridized carbons (Fsp3) is 0.111. The third-order valence-corrected chi connectivity index (χ3v) is 5.49. The normalized spacial score (nSPS) is 11.1. The molecule has 0 aliphatic rings. The zero-order valence-corrected chi connectivity index (χ0v) is 15.0. The Hall–Kier alpha value is -2.38. The van der Waals surface area contributed by atoms with Gasteiger partial charge in [0, 0.05) is 18.1 Å². The Balaban J connectivity index is 1.54. The van der Waals surface area contributed by atoms with Gasteiger partial charge in [0.25, 0.3) is 0 Å². The summed E-state index contributed by atoms with van der Waals surface area (Å²) in [6, 6.07) is 10.4.